The van der Waals surface area contributed by atoms with Gasteiger partial charge in [-0.2, -0.15) is 0 Å². The number of anilines is 1. The van der Waals surface area contributed by atoms with Gasteiger partial charge in [-0.25, -0.2) is 4.39 Å². The molecule has 0 aromatic heterocycles. The van der Waals surface area contributed by atoms with Gasteiger partial charge in [-0.1, -0.05) is 6.07 Å². The molecule has 3 N–H and O–H groups in total. The van der Waals surface area contributed by atoms with Crippen molar-refractivity contribution >= 4 is 17.5 Å². The van der Waals surface area contributed by atoms with Crippen LogP contribution in [0.1, 0.15) is 31.2 Å². The van der Waals surface area contributed by atoms with E-state index in [1.807, 2.05) is 0 Å². The summed E-state index contributed by atoms with van der Waals surface area (Å²) in [4.78, 5) is 23.8. The number of aliphatic hydroxyl groups excluding tert-OH is 1. The van der Waals surface area contributed by atoms with Gasteiger partial charge in [0, 0.05) is 38.0 Å². The number of carbonyl (C=O) groups excluding carboxylic acids is 2. The van der Waals surface area contributed by atoms with Gasteiger partial charge in [0.2, 0.25) is 11.8 Å². The molecule has 0 spiro atoms. The number of amides is 2. The van der Waals surface area contributed by atoms with Crippen LogP contribution in [0.2, 0.25) is 0 Å². The maximum absolute atomic E-state index is 13.6. The van der Waals surface area contributed by atoms with Crippen LogP contribution in [0, 0.1) is 18.2 Å². The Kier molecular flexibility index (Phi) is 6.90. The Balaban J connectivity index is 1.75. The van der Waals surface area contributed by atoms with E-state index in [0.29, 0.717) is 32.6 Å². The zero-order valence-electron chi connectivity index (χ0n) is 14.4. The van der Waals surface area contributed by atoms with E-state index in [9.17, 15) is 19.1 Å². The van der Waals surface area contributed by atoms with E-state index in [1.54, 1.807) is 19.1 Å². The number of rotatable bonds is 7. The third-order valence-electron chi connectivity index (χ3n) is 4.52. The van der Waals surface area contributed by atoms with Crippen molar-refractivity contribution in [1.29, 1.82) is 0 Å². The lowest BCUT2D eigenvalue weighted by atomic mass is 9.81. The monoisotopic (exact) mass is 352 g/mol. The van der Waals surface area contributed by atoms with Gasteiger partial charge in [-0.05, 0) is 37.5 Å². The molecule has 1 fully saturated rings. The highest BCUT2D eigenvalue weighted by molar-refractivity contribution is 5.93. The van der Waals surface area contributed by atoms with Crippen molar-refractivity contribution in [2.75, 3.05) is 31.7 Å². The first-order valence-electron chi connectivity index (χ1n) is 8.45. The van der Waals surface area contributed by atoms with Crippen LogP contribution in [-0.4, -0.2) is 43.3 Å². The van der Waals surface area contributed by atoms with Gasteiger partial charge in [0.25, 0.3) is 0 Å². The molecule has 1 heterocycles. The lowest BCUT2D eigenvalue weighted by molar-refractivity contribution is -0.125. The molecule has 0 saturated carbocycles. The number of hydrogen-bond donors (Lipinski definition) is 3. The second-order valence-electron chi connectivity index (χ2n) is 6.58. The van der Waals surface area contributed by atoms with Gasteiger partial charge in [0.05, 0.1) is 12.3 Å². The summed E-state index contributed by atoms with van der Waals surface area (Å²) in [6, 6.07) is 4.45. The number of nitrogens with one attached hydrogen (secondary N) is 2. The summed E-state index contributed by atoms with van der Waals surface area (Å²) >= 11 is 0. The van der Waals surface area contributed by atoms with Crippen LogP contribution in [0.3, 0.4) is 0 Å². The van der Waals surface area contributed by atoms with Crippen LogP contribution in [0.15, 0.2) is 18.2 Å². The molecular formula is C18H25FN2O4. The Hall–Kier alpha value is -1.99. The Morgan fingerprint density at radius 3 is 2.60 bits per heavy atom. The summed E-state index contributed by atoms with van der Waals surface area (Å²) in [6.45, 7) is 3.29. The fourth-order valence-corrected chi connectivity index (χ4v) is 2.74. The highest BCUT2D eigenvalue weighted by Crippen LogP contribution is 2.29. The molecule has 7 heteroatoms. The molecule has 1 aliphatic heterocycles. The van der Waals surface area contributed by atoms with Gasteiger partial charge in [-0.15, -0.1) is 0 Å². The maximum Gasteiger partial charge on any atom is 0.224 e. The number of hydrogen-bond acceptors (Lipinski definition) is 4. The van der Waals surface area contributed by atoms with Gasteiger partial charge in [-0.3, -0.25) is 9.59 Å². The fraction of sp³-hybridized carbons (Fsp3) is 0.556. The van der Waals surface area contributed by atoms with Crippen LogP contribution < -0.4 is 10.6 Å². The summed E-state index contributed by atoms with van der Waals surface area (Å²) < 4.78 is 18.9. The highest BCUT2D eigenvalue weighted by atomic mass is 19.1. The van der Waals surface area contributed by atoms with Crippen molar-refractivity contribution < 1.29 is 23.8 Å². The molecule has 1 saturated heterocycles. The number of benzene rings is 1. The van der Waals surface area contributed by atoms with Crippen molar-refractivity contribution in [2.45, 2.75) is 32.6 Å². The standard InChI is InChI=1S/C18H25FN2O4/c1-13-2-3-14(19)15(10-13)21-17(24)5-4-16(23)20-11-18(12-22)6-8-25-9-7-18/h2-3,10,22H,4-9,11-12H2,1H3,(H,20,23)(H,21,24). The molecule has 6 nitrogen and oxygen atoms in total. The summed E-state index contributed by atoms with van der Waals surface area (Å²) in [5, 5.41) is 14.8. The summed E-state index contributed by atoms with van der Waals surface area (Å²) in [7, 11) is 0. The molecule has 138 valence electrons. The van der Waals surface area contributed by atoms with Crippen molar-refractivity contribution in [3.8, 4) is 0 Å². The van der Waals surface area contributed by atoms with Crippen LogP contribution in [-0.2, 0) is 14.3 Å². The summed E-state index contributed by atoms with van der Waals surface area (Å²) in [5.74, 6) is -1.19. The minimum Gasteiger partial charge on any atom is -0.396 e. The molecule has 1 aromatic carbocycles. The number of aryl methyl sites for hydroxylation is 1. The Labute approximate surface area is 146 Å². The molecule has 2 rings (SSSR count). The average molecular weight is 352 g/mol. The maximum atomic E-state index is 13.6. The Morgan fingerprint density at radius 2 is 1.92 bits per heavy atom. The zero-order valence-corrected chi connectivity index (χ0v) is 14.4. The number of carbonyl (C=O) groups is 2. The largest absolute Gasteiger partial charge is 0.396 e. The lowest BCUT2D eigenvalue weighted by Crippen LogP contribution is -2.43. The Bertz CT molecular complexity index is 615. The van der Waals surface area contributed by atoms with Gasteiger partial charge >= 0.3 is 0 Å². The molecule has 0 unspecified atom stereocenters. The van der Waals surface area contributed by atoms with Gasteiger partial charge in [0.15, 0.2) is 0 Å². The smallest absolute Gasteiger partial charge is 0.224 e. The van der Waals surface area contributed by atoms with E-state index in [1.165, 1.54) is 6.07 Å². The predicted molar refractivity (Wildman–Crippen MR) is 91.6 cm³/mol. The lowest BCUT2D eigenvalue weighted by Gasteiger charge is -2.35. The highest BCUT2D eigenvalue weighted by Gasteiger charge is 2.32. The minimum absolute atomic E-state index is 0.0102. The number of halogens is 1. The van der Waals surface area contributed by atoms with Crippen LogP contribution >= 0.6 is 0 Å². The molecule has 2 amide bonds. The number of aliphatic hydroxyl groups is 1. The third-order valence-corrected chi connectivity index (χ3v) is 4.52. The molecule has 1 aliphatic rings. The second-order valence-corrected chi connectivity index (χ2v) is 6.58. The summed E-state index contributed by atoms with van der Waals surface area (Å²) in [5.41, 5.74) is 0.605. The fourth-order valence-electron chi connectivity index (χ4n) is 2.74. The molecule has 0 bridgehead atoms. The molecule has 25 heavy (non-hydrogen) atoms. The summed E-state index contributed by atoms with van der Waals surface area (Å²) in [6.07, 6.45) is 1.36. The van der Waals surface area contributed by atoms with E-state index in [2.05, 4.69) is 10.6 Å². The van der Waals surface area contributed by atoms with Crippen LogP contribution in [0.25, 0.3) is 0 Å². The van der Waals surface area contributed by atoms with Crippen molar-refractivity contribution in [3.05, 3.63) is 29.6 Å². The average Bonchev–Trinajstić information content (AvgIpc) is 2.62. The topological polar surface area (TPSA) is 87.7 Å². The van der Waals surface area contributed by atoms with Crippen molar-refractivity contribution in [2.24, 2.45) is 5.41 Å². The molecular weight excluding hydrogens is 327 g/mol. The van der Waals surface area contributed by atoms with E-state index in [4.69, 9.17) is 4.74 Å². The van der Waals surface area contributed by atoms with E-state index >= 15 is 0 Å². The van der Waals surface area contributed by atoms with E-state index in [0.717, 1.165) is 5.56 Å². The van der Waals surface area contributed by atoms with Crippen LogP contribution in [0.4, 0.5) is 10.1 Å². The first kappa shape index (κ1) is 19.3. The van der Waals surface area contributed by atoms with E-state index in [-0.39, 0.29) is 36.5 Å². The first-order valence-corrected chi connectivity index (χ1v) is 8.45. The second kappa shape index (κ2) is 8.92. The quantitative estimate of drug-likeness (QED) is 0.698. The first-order chi connectivity index (χ1) is 11.9. The third kappa shape index (κ3) is 5.79. The molecule has 0 atom stereocenters. The van der Waals surface area contributed by atoms with Crippen LogP contribution in [0.5, 0.6) is 0 Å². The normalized spacial score (nSPS) is 16.3. The predicted octanol–water partition coefficient (Wildman–Crippen LogP) is 1.76. The Morgan fingerprint density at radius 1 is 1.24 bits per heavy atom. The molecule has 0 aliphatic carbocycles. The van der Waals surface area contributed by atoms with Crippen molar-refractivity contribution in [3.63, 3.8) is 0 Å². The minimum atomic E-state index is -0.507. The SMILES string of the molecule is Cc1ccc(F)c(NC(=O)CCC(=O)NCC2(CO)CCOCC2)c1. The van der Waals surface area contributed by atoms with Gasteiger partial charge < -0.3 is 20.5 Å². The van der Waals surface area contributed by atoms with E-state index < -0.39 is 11.7 Å². The van der Waals surface area contributed by atoms with Gasteiger partial charge in [0.1, 0.15) is 5.82 Å². The molecule has 1 aromatic rings. The molecule has 0 radical (unpaired) electrons. The van der Waals surface area contributed by atoms with Crippen molar-refractivity contribution in [1.82, 2.24) is 5.32 Å². The number of ether oxygens (including phenoxy) is 1. The zero-order chi connectivity index (χ0) is 18.3.